The summed E-state index contributed by atoms with van der Waals surface area (Å²) in [5, 5.41) is 12.5. The Morgan fingerprint density at radius 3 is 2.55 bits per heavy atom. The lowest BCUT2D eigenvalue weighted by atomic mass is 9.74. The number of amides is 1. The lowest BCUT2D eigenvalue weighted by molar-refractivity contribution is -0.150. The molecule has 0 spiro atoms. The summed E-state index contributed by atoms with van der Waals surface area (Å²) >= 11 is 5.66. The number of pyridine rings is 1. The summed E-state index contributed by atoms with van der Waals surface area (Å²) < 4.78 is 0. The Kier molecular flexibility index (Phi) is 4.60. The Hall–Kier alpha value is -1.62. The molecule has 20 heavy (non-hydrogen) atoms. The molecule has 0 aromatic carbocycles. The zero-order valence-electron chi connectivity index (χ0n) is 11.1. The Bertz CT molecular complexity index is 496. The molecule has 1 aliphatic rings. The fraction of sp³-hybridized carbons (Fsp3) is 0.500. The van der Waals surface area contributed by atoms with Crippen LogP contribution in [0.1, 0.15) is 42.5 Å². The average molecular weight is 297 g/mol. The van der Waals surface area contributed by atoms with Gasteiger partial charge in [-0.2, -0.15) is 0 Å². The van der Waals surface area contributed by atoms with E-state index < -0.39 is 11.4 Å². The van der Waals surface area contributed by atoms with Gasteiger partial charge in [0.15, 0.2) is 0 Å². The van der Waals surface area contributed by atoms with Gasteiger partial charge in [0.2, 0.25) is 0 Å². The van der Waals surface area contributed by atoms with E-state index in [2.05, 4.69) is 10.3 Å². The first kappa shape index (κ1) is 14.8. The quantitative estimate of drug-likeness (QED) is 0.837. The minimum atomic E-state index is -0.827. The summed E-state index contributed by atoms with van der Waals surface area (Å²) in [6.45, 7) is 0.157. The van der Waals surface area contributed by atoms with Gasteiger partial charge in [-0.1, -0.05) is 30.9 Å². The lowest BCUT2D eigenvalue weighted by Gasteiger charge is -2.33. The highest BCUT2D eigenvalue weighted by Gasteiger charge is 2.39. The third kappa shape index (κ3) is 3.28. The van der Waals surface area contributed by atoms with Crippen LogP contribution in [0.2, 0.25) is 5.15 Å². The number of carbonyl (C=O) groups excluding carboxylic acids is 1. The number of rotatable bonds is 4. The zero-order chi connectivity index (χ0) is 14.6. The highest BCUT2D eigenvalue weighted by atomic mass is 35.5. The summed E-state index contributed by atoms with van der Waals surface area (Å²) in [6.07, 6.45) is 5.45. The van der Waals surface area contributed by atoms with Crippen molar-refractivity contribution >= 4 is 23.5 Å². The summed E-state index contributed by atoms with van der Waals surface area (Å²) in [5.74, 6) is -1.15. The van der Waals surface area contributed by atoms with Gasteiger partial charge in [0, 0.05) is 12.7 Å². The monoisotopic (exact) mass is 296 g/mol. The fourth-order valence-electron chi connectivity index (χ4n) is 2.56. The van der Waals surface area contributed by atoms with E-state index in [0.29, 0.717) is 23.6 Å². The Balaban J connectivity index is 2.00. The van der Waals surface area contributed by atoms with Gasteiger partial charge < -0.3 is 10.4 Å². The van der Waals surface area contributed by atoms with Crippen LogP contribution in [0, 0.1) is 5.41 Å². The largest absolute Gasteiger partial charge is 0.481 e. The third-order valence-corrected chi connectivity index (χ3v) is 4.06. The molecule has 0 unspecified atom stereocenters. The van der Waals surface area contributed by atoms with Crippen LogP contribution in [0.3, 0.4) is 0 Å². The van der Waals surface area contributed by atoms with Crippen molar-refractivity contribution in [1.29, 1.82) is 0 Å². The molecule has 1 fully saturated rings. The van der Waals surface area contributed by atoms with Gasteiger partial charge in [0.05, 0.1) is 11.0 Å². The Labute approximate surface area is 122 Å². The summed E-state index contributed by atoms with van der Waals surface area (Å²) in [6, 6.07) is 3.10. The minimum Gasteiger partial charge on any atom is -0.481 e. The molecule has 0 atom stereocenters. The first-order chi connectivity index (χ1) is 9.53. The van der Waals surface area contributed by atoms with Gasteiger partial charge in [-0.05, 0) is 25.0 Å². The van der Waals surface area contributed by atoms with E-state index in [-0.39, 0.29) is 12.5 Å². The zero-order valence-corrected chi connectivity index (χ0v) is 11.8. The van der Waals surface area contributed by atoms with E-state index in [1.54, 1.807) is 6.07 Å². The van der Waals surface area contributed by atoms with Gasteiger partial charge in [0.25, 0.3) is 5.91 Å². The first-order valence-electron chi connectivity index (χ1n) is 6.67. The molecule has 1 amide bonds. The van der Waals surface area contributed by atoms with Gasteiger partial charge in [-0.3, -0.25) is 9.59 Å². The molecular formula is C14H17ClN2O3. The lowest BCUT2D eigenvalue weighted by Crippen LogP contribution is -2.44. The molecule has 2 rings (SSSR count). The van der Waals surface area contributed by atoms with E-state index in [1.807, 2.05) is 0 Å². The molecule has 0 bridgehead atoms. The van der Waals surface area contributed by atoms with E-state index in [4.69, 9.17) is 11.6 Å². The second kappa shape index (κ2) is 6.22. The molecule has 6 heteroatoms. The molecule has 1 aliphatic carbocycles. The van der Waals surface area contributed by atoms with Crippen molar-refractivity contribution in [3.8, 4) is 0 Å². The number of carbonyl (C=O) groups is 2. The van der Waals surface area contributed by atoms with Crippen LogP contribution in [0.4, 0.5) is 0 Å². The minimum absolute atomic E-state index is 0.157. The number of aromatic nitrogens is 1. The van der Waals surface area contributed by atoms with Gasteiger partial charge in [0.1, 0.15) is 5.15 Å². The van der Waals surface area contributed by atoms with Crippen LogP contribution in [0.25, 0.3) is 0 Å². The molecule has 2 N–H and O–H groups in total. The van der Waals surface area contributed by atoms with Crippen LogP contribution >= 0.6 is 11.6 Å². The molecule has 0 saturated heterocycles. The molecule has 1 aromatic heterocycles. The number of nitrogens with one attached hydrogen (secondary N) is 1. The molecular weight excluding hydrogens is 280 g/mol. The number of hydrogen-bond acceptors (Lipinski definition) is 3. The van der Waals surface area contributed by atoms with E-state index in [1.165, 1.54) is 12.3 Å². The fourth-order valence-corrected chi connectivity index (χ4v) is 2.67. The summed E-state index contributed by atoms with van der Waals surface area (Å²) in [7, 11) is 0. The van der Waals surface area contributed by atoms with Crippen molar-refractivity contribution in [1.82, 2.24) is 10.3 Å². The highest BCUT2D eigenvalue weighted by Crippen LogP contribution is 2.36. The number of hydrogen-bond donors (Lipinski definition) is 2. The van der Waals surface area contributed by atoms with Crippen molar-refractivity contribution in [2.75, 3.05) is 6.54 Å². The van der Waals surface area contributed by atoms with E-state index in [0.717, 1.165) is 19.3 Å². The maximum absolute atomic E-state index is 12.0. The van der Waals surface area contributed by atoms with Crippen LogP contribution in [0.5, 0.6) is 0 Å². The van der Waals surface area contributed by atoms with Crippen molar-refractivity contribution in [3.63, 3.8) is 0 Å². The van der Waals surface area contributed by atoms with Crippen molar-refractivity contribution in [3.05, 3.63) is 29.0 Å². The maximum Gasteiger partial charge on any atom is 0.311 e. The van der Waals surface area contributed by atoms with Crippen LogP contribution in [-0.4, -0.2) is 28.5 Å². The van der Waals surface area contributed by atoms with Crippen LogP contribution < -0.4 is 5.32 Å². The van der Waals surface area contributed by atoms with Gasteiger partial charge >= 0.3 is 5.97 Å². The van der Waals surface area contributed by atoms with Crippen molar-refractivity contribution in [2.24, 2.45) is 5.41 Å². The second-order valence-corrected chi connectivity index (χ2v) is 5.59. The van der Waals surface area contributed by atoms with Crippen LogP contribution in [-0.2, 0) is 4.79 Å². The number of aliphatic carboxylic acids is 1. The molecule has 0 radical (unpaired) electrons. The number of nitrogens with zero attached hydrogens (tertiary/aromatic N) is 1. The normalized spacial score (nSPS) is 17.4. The topological polar surface area (TPSA) is 79.3 Å². The smallest absolute Gasteiger partial charge is 0.311 e. The van der Waals surface area contributed by atoms with Gasteiger partial charge in [-0.15, -0.1) is 0 Å². The number of carboxylic acids is 1. The molecule has 1 aromatic rings. The molecule has 108 valence electrons. The SMILES string of the molecule is O=C(NCC1(C(=O)O)CCCCC1)c1ccc(Cl)nc1. The van der Waals surface area contributed by atoms with E-state index >= 15 is 0 Å². The standard InChI is InChI=1S/C14H17ClN2O3/c15-11-5-4-10(8-16-11)12(18)17-9-14(13(19)20)6-2-1-3-7-14/h4-5,8H,1-3,6-7,9H2,(H,17,18)(H,19,20). The van der Waals surface area contributed by atoms with Crippen molar-refractivity contribution < 1.29 is 14.7 Å². The maximum atomic E-state index is 12.0. The third-order valence-electron chi connectivity index (χ3n) is 3.84. The van der Waals surface area contributed by atoms with Crippen LogP contribution in [0.15, 0.2) is 18.3 Å². The first-order valence-corrected chi connectivity index (χ1v) is 7.04. The highest BCUT2D eigenvalue weighted by molar-refractivity contribution is 6.29. The molecule has 5 nitrogen and oxygen atoms in total. The molecule has 0 aliphatic heterocycles. The number of halogens is 1. The molecule has 1 saturated carbocycles. The van der Waals surface area contributed by atoms with Gasteiger partial charge in [-0.25, -0.2) is 4.98 Å². The summed E-state index contributed by atoms with van der Waals surface area (Å²) in [5.41, 5.74) is -0.445. The Morgan fingerprint density at radius 2 is 2.00 bits per heavy atom. The van der Waals surface area contributed by atoms with E-state index in [9.17, 15) is 14.7 Å². The second-order valence-electron chi connectivity index (χ2n) is 5.20. The van der Waals surface area contributed by atoms with Crippen molar-refractivity contribution in [2.45, 2.75) is 32.1 Å². The Morgan fingerprint density at radius 1 is 1.30 bits per heavy atom. The summed E-state index contributed by atoms with van der Waals surface area (Å²) in [4.78, 5) is 27.3. The molecule has 1 heterocycles. The average Bonchev–Trinajstić information content (AvgIpc) is 2.46. The predicted molar refractivity (Wildman–Crippen MR) is 74.7 cm³/mol. The number of carboxylic acid groups (broad SMARTS) is 1. The predicted octanol–water partition coefficient (Wildman–Crippen LogP) is 2.50.